The first kappa shape index (κ1) is 16.1. The number of carbonyl (C=O) groups is 1. The molecule has 2 bridgehead atoms. The molecule has 5 rings (SSSR count). The number of hydrogen-bond donors (Lipinski definition) is 0. The number of amides is 1. The highest BCUT2D eigenvalue weighted by molar-refractivity contribution is 5.76. The molecule has 132 valence electrons. The summed E-state index contributed by atoms with van der Waals surface area (Å²) >= 11 is 0. The van der Waals surface area contributed by atoms with Crippen LogP contribution in [0.5, 0.6) is 0 Å². The van der Waals surface area contributed by atoms with Gasteiger partial charge in [-0.05, 0) is 24.8 Å². The lowest BCUT2D eigenvalue weighted by Gasteiger charge is -2.36. The third-order valence-electron chi connectivity index (χ3n) is 5.29. The van der Waals surface area contributed by atoms with Gasteiger partial charge in [0.15, 0.2) is 0 Å². The van der Waals surface area contributed by atoms with Crippen molar-refractivity contribution in [1.82, 2.24) is 24.4 Å². The van der Waals surface area contributed by atoms with Gasteiger partial charge in [0.05, 0.1) is 0 Å². The summed E-state index contributed by atoms with van der Waals surface area (Å²) < 4.78 is 1.97. The zero-order valence-corrected chi connectivity index (χ0v) is 14.6. The molecule has 2 aromatic rings. The van der Waals surface area contributed by atoms with Gasteiger partial charge in [-0.1, -0.05) is 6.92 Å². The van der Waals surface area contributed by atoms with Gasteiger partial charge in [-0.3, -0.25) is 4.79 Å². The summed E-state index contributed by atoms with van der Waals surface area (Å²) in [4.78, 5) is 30.4. The topological polar surface area (TPSA) is 67.2 Å². The van der Waals surface area contributed by atoms with Crippen LogP contribution in [0.2, 0.25) is 0 Å². The quantitative estimate of drug-likeness (QED) is 0.841. The van der Waals surface area contributed by atoms with E-state index < -0.39 is 0 Å². The van der Waals surface area contributed by atoms with E-state index in [0.29, 0.717) is 12.5 Å². The number of carbonyl (C=O) groups excluding carboxylic acids is 1. The maximum absolute atomic E-state index is 12.9. The summed E-state index contributed by atoms with van der Waals surface area (Å²) in [5, 5.41) is 0. The Labute approximate surface area is 147 Å². The van der Waals surface area contributed by atoms with Crippen molar-refractivity contribution < 1.29 is 4.79 Å². The minimum absolute atomic E-state index is 0.193. The van der Waals surface area contributed by atoms with Crippen molar-refractivity contribution in [3.05, 3.63) is 36.7 Å². The predicted molar refractivity (Wildman–Crippen MR) is 94.1 cm³/mol. The maximum atomic E-state index is 12.9. The van der Waals surface area contributed by atoms with Crippen LogP contribution >= 0.6 is 0 Å². The second-order valence-electron chi connectivity index (χ2n) is 6.92. The van der Waals surface area contributed by atoms with Crippen LogP contribution in [-0.4, -0.2) is 56.0 Å². The van der Waals surface area contributed by atoms with E-state index in [9.17, 15) is 4.79 Å². The van der Waals surface area contributed by atoms with E-state index in [4.69, 9.17) is 0 Å². The van der Waals surface area contributed by atoms with E-state index in [1.54, 1.807) is 18.6 Å². The van der Waals surface area contributed by atoms with Gasteiger partial charge in [0.1, 0.15) is 12.4 Å². The molecule has 1 amide bonds. The molecule has 0 saturated carbocycles. The summed E-state index contributed by atoms with van der Waals surface area (Å²) in [6.45, 7) is 5.03. The first-order valence-electron chi connectivity index (χ1n) is 9.06. The van der Waals surface area contributed by atoms with E-state index in [1.807, 2.05) is 16.8 Å². The van der Waals surface area contributed by atoms with Gasteiger partial charge in [0.2, 0.25) is 11.9 Å². The first-order valence-corrected chi connectivity index (χ1v) is 9.06. The summed E-state index contributed by atoms with van der Waals surface area (Å²) in [7, 11) is 0. The molecular formula is C18H24N6O. The lowest BCUT2D eigenvalue weighted by atomic mass is 9.95. The van der Waals surface area contributed by atoms with Gasteiger partial charge >= 0.3 is 0 Å². The molecule has 3 aliphatic rings. The third-order valence-corrected chi connectivity index (χ3v) is 5.29. The van der Waals surface area contributed by atoms with E-state index >= 15 is 0 Å². The van der Waals surface area contributed by atoms with Crippen molar-refractivity contribution in [1.29, 1.82) is 0 Å². The Morgan fingerprint density at radius 3 is 2.76 bits per heavy atom. The van der Waals surface area contributed by atoms with Gasteiger partial charge in [0.25, 0.3) is 0 Å². The molecule has 3 saturated heterocycles. The highest BCUT2D eigenvalue weighted by Crippen LogP contribution is 2.29. The van der Waals surface area contributed by atoms with Crippen LogP contribution in [0.15, 0.2) is 30.9 Å². The average Bonchev–Trinajstić information content (AvgIpc) is 2.89. The number of nitrogens with zero attached hydrogens (tertiary/aromatic N) is 6. The largest absolute Gasteiger partial charge is 0.338 e. The summed E-state index contributed by atoms with van der Waals surface area (Å²) in [6, 6.07) is 2.08. The van der Waals surface area contributed by atoms with E-state index in [1.165, 1.54) is 6.42 Å². The number of aryl methyl sites for hydroxylation is 1. The number of rotatable bonds is 4. The van der Waals surface area contributed by atoms with Crippen LogP contribution in [0.3, 0.4) is 0 Å². The van der Waals surface area contributed by atoms with E-state index in [2.05, 4.69) is 31.7 Å². The molecule has 3 aliphatic heterocycles. The van der Waals surface area contributed by atoms with Gasteiger partial charge in [-0.2, -0.15) is 0 Å². The normalized spacial score (nSPS) is 22.9. The first-order chi connectivity index (χ1) is 12.2. The number of anilines is 1. The summed E-state index contributed by atoms with van der Waals surface area (Å²) in [6.07, 6.45) is 10.3. The number of aromatic nitrogens is 4. The molecule has 0 N–H and O–H groups in total. The second-order valence-corrected chi connectivity index (χ2v) is 6.92. The highest BCUT2D eigenvalue weighted by Gasteiger charge is 2.37. The molecule has 0 spiro atoms. The van der Waals surface area contributed by atoms with Crippen LogP contribution in [0.25, 0.3) is 0 Å². The molecule has 2 aromatic heterocycles. The molecule has 0 radical (unpaired) electrons. The lowest BCUT2D eigenvalue weighted by molar-refractivity contribution is -0.135. The molecule has 7 nitrogen and oxygen atoms in total. The van der Waals surface area contributed by atoms with Gasteiger partial charge in [0, 0.05) is 56.9 Å². The lowest BCUT2D eigenvalue weighted by Crippen LogP contribution is -2.48. The van der Waals surface area contributed by atoms with Crippen LogP contribution < -0.4 is 4.90 Å². The van der Waals surface area contributed by atoms with Crippen molar-refractivity contribution in [3.8, 4) is 0 Å². The number of fused-ring (bicyclic) bond motifs is 4. The highest BCUT2D eigenvalue weighted by atomic mass is 16.2. The fourth-order valence-electron chi connectivity index (χ4n) is 4.04. The fraction of sp³-hybridized carbons (Fsp3) is 0.556. The number of hydrogen-bond acceptors (Lipinski definition) is 5. The minimum atomic E-state index is 0.193. The molecule has 2 unspecified atom stereocenters. The molecule has 25 heavy (non-hydrogen) atoms. The van der Waals surface area contributed by atoms with Crippen LogP contribution in [-0.2, 0) is 17.8 Å². The molecule has 2 atom stereocenters. The SMILES string of the molecule is CCc1nccn1CC(=O)N1CC2CCC1CN(c1ncccn1)C2. The molecule has 0 aromatic carbocycles. The van der Waals surface area contributed by atoms with Crippen molar-refractivity contribution >= 4 is 11.9 Å². The fourth-order valence-corrected chi connectivity index (χ4v) is 4.04. The van der Waals surface area contributed by atoms with Crippen molar-refractivity contribution in [2.75, 3.05) is 24.5 Å². The van der Waals surface area contributed by atoms with Gasteiger partial charge in [-0.15, -0.1) is 0 Å². The summed E-state index contributed by atoms with van der Waals surface area (Å²) in [5.41, 5.74) is 0. The Bertz CT molecular complexity index is 730. The van der Waals surface area contributed by atoms with Crippen LogP contribution in [0, 0.1) is 5.92 Å². The Balaban J connectivity index is 1.49. The van der Waals surface area contributed by atoms with Crippen molar-refractivity contribution in [2.24, 2.45) is 5.92 Å². The van der Waals surface area contributed by atoms with Crippen LogP contribution in [0.1, 0.15) is 25.6 Å². The second kappa shape index (κ2) is 6.82. The third kappa shape index (κ3) is 3.23. The molecule has 7 heteroatoms. The Kier molecular flexibility index (Phi) is 4.38. The van der Waals surface area contributed by atoms with E-state index in [-0.39, 0.29) is 11.9 Å². The van der Waals surface area contributed by atoms with Crippen molar-refractivity contribution in [3.63, 3.8) is 0 Å². The van der Waals surface area contributed by atoms with E-state index in [0.717, 1.165) is 44.2 Å². The van der Waals surface area contributed by atoms with Gasteiger partial charge < -0.3 is 14.4 Å². The standard InChI is InChI=1S/C18H24N6O/c1-2-16-19-8-9-22(16)13-17(25)24-11-14-4-5-15(24)12-23(10-14)18-20-6-3-7-21-18/h3,6-9,14-15H,2,4-5,10-13H2,1H3. The monoisotopic (exact) mass is 340 g/mol. The number of piperidine rings is 1. The average molecular weight is 340 g/mol. The Hall–Kier alpha value is -2.44. The van der Waals surface area contributed by atoms with Gasteiger partial charge in [-0.25, -0.2) is 15.0 Å². The van der Waals surface area contributed by atoms with Crippen LogP contribution in [0.4, 0.5) is 5.95 Å². The molecule has 3 fully saturated rings. The molecular weight excluding hydrogens is 316 g/mol. The molecule has 0 aliphatic carbocycles. The Morgan fingerprint density at radius 1 is 1.12 bits per heavy atom. The maximum Gasteiger partial charge on any atom is 0.242 e. The zero-order chi connectivity index (χ0) is 17.2. The smallest absolute Gasteiger partial charge is 0.242 e. The molecule has 5 heterocycles. The zero-order valence-electron chi connectivity index (χ0n) is 14.6. The number of imidazole rings is 1. The minimum Gasteiger partial charge on any atom is -0.338 e. The summed E-state index contributed by atoms with van der Waals surface area (Å²) in [5.74, 6) is 2.42. The Morgan fingerprint density at radius 2 is 1.96 bits per heavy atom. The predicted octanol–water partition coefficient (Wildman–Crippen LogP) is 1.36. The van der Waals surface area contributed by atoms with Crippen molar-refractivity contribution in [2.45, 2.75) is 38.8 Å².